The van der Waals surface area contributed by atoms with Crippen molar-refractivity contribution in [3.8, 4) is 0 Å². The Labute approximate surface area is 34.4 Å². The second-order valence-corrected chi connectivity index (χ2v) is 1.27. The van der Waals surface area contributed by atoms with Crippen molar-refractivity contribution in [2.24, 2.45) is 0 Å². The number of hydrogen-bond acceptors (Lipinski definition) is 0. The molecular weight excluding hydrogens is 418 g/mol. The molecule has 0 nitrogen and oxygen atoms in total. The van der Waals surface area contributed by atoms with Crippen molar-refractivity contribution in [2.45, 2.75) is 0 Å². The van der Waals surface area contributed by atoms with Gasteiger partial charge in [0.05, 0.1) is 0 Å². The average molecular weight is 422 g/mol. The van der Waals surface area contributed by atoms with Crippen LogP contribution in [-0.4, -0.2) is 4.43 Å². The normalized spacial score (nSPS) is 4.50. The Balaban J connectivity index is 0. The molecule has 0 saturated heterocycles. The molecule has 0 N–H and O–H groups in total. The SMILES string of the molecule is [CH2-]CI.[Rf]. The van der Waals surface area contributed by atoms with Crippen molar-refractivity contribution in [2.75, 3.05) is 4.43 Å². The van der Waals surface area contributed by atoms with Gasteiger partial charge in [0.2, 0.25) is 0 Å². The van der Waals surface area contributed by atoms with Crippen LogP contribution in [0.2, 0.25) is 0 Å². The molecule has 0 rings (SSSR count). The van der Waals surface area contributed by atoms with E-state index < -0.39 is 0 Å². The number of hydrogen-bond donors (Lipinski definition) is 0. The van der Waals surface area contributed by atoms with E-state index in [4.69, 9.17) is 0 Å². The Bertz CT molecular complexity index is 6.00. The Hall–Kier alpha value is -0.270. The van der Waals surface area contributed by atoms with Gasteiger partial charge in [-0.05, 0) is 0 Å². The van der Waals surface area contributed by atoms with Gasteiger partial charge in [0.25, 0.3) is 0 Å². The van der Waals surface area contributed by atoms with E-state index in [1.807, 2.05) is 0 Å². The number of alkyl halides is 1. The van der Waals surface area contributed by atoms with E-state index in [1.54, 1.807) is 0 Å². The summed E-state index contributed by atoms with van der Waals surface area (Å²) in [6.07, 6.45) is 0. The summed E-state index contributed by atoms with van der Waals surface area (Å²) >= 11 is 2.18. The van der Waals surface area contributed by atoms with Crippen LogP contribution in [-0.2, 0) is 0 Å². The van der Waals surface area contributed by atoms with E-state index in [2.05, 4.69) is 29.5 Å². The van der Waals surface area contributed by atoms with Crippen molar-refractivity contribution < 1.29 is 0 Å². The van der Waals surface area contributed by atoms with Crippen LogP contribution in [0.25, 0.3) is 0 Å². The van der Waals surface area contributed by atoms with E-state index in [1.165, 1.54) is 0 Å². The predicted molar refractivity (Wildman–Crippen MR) is 24.2 cm³/mol. The van der Waals surface area contributed by atoms with Gasteiger partial charge in [-0.15, -0.1) is 27.0 Å². The van der Waals surface area contributed by atoms with Crippen LogP contribution >= 0.6 is 22.6 Å². The predicted octanol–water partition coefficient (Wildman–Crippen LogP) is 1.26. The molecule has 0 amide bonds. The molecule has 0 unspecified atom stereocenters. The maximum absolute atomic E-state index is 3.47. The maximum Gasteiger partial charge on any atom is 0 e. The molecule has 0 saturated carbocycles. The van der Waals surface area contributed by atoms with E-state index in [0.717, 1.165) is 4.43 Å². The third-order valence-corrected chi connectivity index (χ3v) is 0. The second-order valence-electron chi connectivity index (χ2n) is 0.189. The molecule has 0 aliphatic heterocycles. The summed E-state index contributed by atoms with van der Waals surface area (Å²) in [5, 5.41) is 0. The zero-order valence-corrected chi connectivity index (χ0v) is 11.1. The summed E-state index contributed by atoms with van der Waals surface area (Å²) in [6.45, 7) is 3.47. The van der Waals surface area contributed by atoms with Crippen LogP contribution < -0.4 is 0 Å². The van der Waals surface area contributed by atoms with Gasteiger partial charge in [0, 0.05) is 0 Å². The van der Waals surface area contributed by atoms with Crippen LogP contribution in [0.4, 0.5) is 0 Å². The quantitative estimate of drug-likeness (QED) is 0.314. The van der Waals surface area contributed by atoms with E-state index >= 15 is 0 Å². The molecule has 0 aromatic carbocycles. The van der Waals surface area contributed by atoms with Gasteiger partial charge in [-0.1, -0.05) is 0 Å². The topological polar surface area (TPSA) is 0 Å². The van der Waals surface area contributed by atoms with Crippen LogP contribution in [0.5, 0.6) is 0 Å². The fraction of sp³-hybridized carbons (Fsp3) is 0.500. The molecule has 0 aromatic heterocycles. The largest absolute Gasteiger partial charge is 0.334 e. The van der Waals surface area contributed by atoms with Crippen molar-refractivity contribution in [3.63, 3.8) is 0 Å². The molecule has 0 heterocycles. The molecule has 0 radical (unpaired) electrons. The molecule has 4 heavy (non-hydrogen) atoms. The van der Waals surface area contributed by atoms with E-state index in [-0.39, 0.29) is 0 Å². The molecule has 2 heteroatoms. The number of halogens is 1. The molecular formula is C2H4IRf-. The Kier molecular flexibility index (Phi) is 35.6. The molecule has 0 bridgehead atoms. The smallest absolute Gasteiger partial charge is 0 e. The fourth-order valence-electron chi connectivity index (χ4n) is 0. The first-order valence-electron chi connectivity index (χ1n) is 0.767. The standard InChI is InChI=1S/C2H4I.Rf/c1-2-3;/h1-2H2;/q-1;. The Morgan fingerprint density at radius 1 is 1.75 bits per heavy atom. The van der Waals surface area contributed by atoms with Gasteiger partial charge in [-0.2, -0.15) is 0 Å². The average Bonchev–Trinajstić information content (AvgIpc) is 0.918. The zero-order chi connectivity index (χ0) is 2.71. The minimum atomic E-state index is 0. The third-order valence-electron chi connectivity index (χ3n) is 0. The summed E-state index contributed by atoms with van der Waals surface area (Å²) in [5.74, 6) is 0. The van der Waals surface area contributed by atoms with Crippen LogP contribution in [0.15, 0.2) is 0 Å². The van der Waals surface area contributed by atoms with Crippen LogP contribution in [0.1, 0.15) is 0 Å². The molecule has 0 aromatic rings. The molecule has 0 spiro atoms. The molecule has 0 aliphatic rings. The summed E-state index contributed by atoms with van der Waals surface area (Å²) < 4.78 is 0.970. The number of rotatable bonds is 0. The summed E-state index contributed by atoms with van der Waals surface area (Å²) in [7, 11) is 0. The van der Waals surface area contributed by atoms with Crippen molar-refractivity contribution in [1.82, 2.24) is 0 Å². The minimum absolute atomic E-state index is 0. The molecule has 0 aliphatic carbocycles. The summed E-state index contributed by atoms with van der Waals surface area (Å²) in [5.41, 5.74) is 0. The van der Waals surface area contributed by atoms with Gasteiger partial charge >= 0.3 is 0 Å². The van der Waals surface area contributed by atoms with Crippen molar-refractivity contribution in [3.05, 3.63) is 6.92 Å². The minimum Gasteiger partial charge on any atom is -0.334 e. The van der Waals surface area contributed by atoms with E-state index in [9.17, 15) is 0 Å². The van der Waals surface area contributed by atoms with E-state index in [0.29, 0.717) is 0 Å². The first-order chi connectivity index (χ1) is 1.41. The Morgan fingerprint density at radius 3 is 1.75 bits per heavy atom. The first kappa shape index (κ1) is 9.29. The van der Waals surface area contributed by atoms with Gasteiger partial charge in [0.1, 0.15) is 0 Å². The molecule has 0 atom stereocenters. The summed E-state index contributed by atoms with van der Waals surface area (Å²) in [4.78, 5) is 0. The molecule has 22 valence electrons. The molecule has 0 fully saturated rings. The van der Waals surface area contributed by atoms with Gasteiger partial charge in [-0.25, -0.2) is 0 Å². The van der Waals surface area contributed by atoms with Crippen molar-refractivity contribution >= 4 is 22.6 Å². The van der Waals surface area contributed by atoms with Gasteiger partial charge in [0.15, 0.2) is 0 Å². The van der Waals surface area contributed by atoms with Crippen LogP contribution in [0.3, 0.4) is 0 Å². The monoisotopic (exact) mass is 422 g/mol. The first-order valence-corrected chi connectivity index (χ1v) is 2.29. The summed E-state index contributed by atoms with van der Waals surface area (Å²) in [6, 6.07) is 0. The second kappa shape index (κ2) is 15.3. The fourth-order valence-corrected chi connectivity index (χ4v) is 0. The van der Waals surface area contributed by atoms with Crippen molar-refractivity contribution in [1.29, 1.82) is 0 Å². The maximum atomic E-state index is 3.47. The zero-order valence-electron chi connectivity index (χ0n) is 2.50. The Morgan fingerprint density at radius 2 is 1.75 bits per heavy atom. The van der Waals surface area contributed by atoms with Gasteiger partial charge in [-0.3, -0.25) is 0 Å². The van der Waals surface area contributed by atoms with Crippen LogP contribution in [0, 0.1) is 6.92 Å². The van der Waals surface area contributed by atoms with Gasteiger partial charge < -0.3 is 6.92 Å². The third kappa shape index (κ3) is 12.6.